The SMILES string of the molecule is CCc1ccc(OC)cc1.CCc1ccccc1CCCCN. The molecule has 2 N–H and O–H groups in total. The van der Waals surface area contributed by atoms with Gasteiger partial charge in [0.2, 0.25) is 0 Å². The van der Waals surface area contributed by atoms with Crippen molar-refractivity contribution in [2.45, 2.75) is 46.0 Å². The summed E-state index contributed by atoms with van der Waals surface area (Å²) >= 11 is 0. The van der Waals surface area contributed by atoms with E-state index in [9.17, 15) is 0 Å². The van der Waals surface area contributed by atoms with E-state index in [0.717, 1.165) is 31.6 Å². The van der Waals surface area contributed by atoms with Gasteiger partial charge in [-0.25, -0.2) is 0 Å². The topological polar surface area (TPSA) is 35.2 Å². The zero-order chi connectivity index (χ0) is 16.9. The predicted molar refractivity (Wildman–Crippen MR) is 100 cm³/mol. The molecule has 0 fully saturated rings. The Kier molecular flexibility index (Phi) is 9.81. The number of ether oxygens (including phenoxy) is 1. The summed E-state index contributed by atoms with van der Waals surface area (Å²) in [4.78, 5) is 0. The Bertz CT molecular complexity index is 511. The molecule has 0 aliphatic carbocycles. The third kappa shape index (κ3) is 7.34. The third-order valence-corrected chi connectivity index (χ3v) is 3.97. The van der Waals surface area contributed by atoms with Gasteiger partial charge in [-0.1, -0.05) is 50.2 Å². The van der Waals surface area contributed by atoms with E-state index < -0.39 is 0 Å². The Morgan fingerprint density at radius 1 is 0.826 bits per heavy atom. The van der Waals surface area contributed by atoms with Gasteiger partial charge in [0.05, 0.1) is 7.11 Å². The van der Waals surface area contributed by atoms with Crippen molar-refractivity contribution in [1.82, 2.24) is 0 Å². The monoisotopic (exact) mass is 313 g/mol. The van der Waals surface area contributed by atoms with Crippen LogP contribution in [0.15, 0.2) is 48.5 Å². The maximum Gasteiger partial charge on any atom is 0.118 e. The molecule has 0 unspecified atom stereocenters. The second-order valence-corrected chi connectivity index (χ2v) is 5.57. The fourth-order valence-corrected chi connectivity index (χ4v) is 2.47. The molecule has 0 heterocycles. The van der Waals surface area contributed by atoms with Gasteiger partial charge in [0, 0.05) is 0 Å². The lowest BCUT2D eigenvalue weighted by Gasteiger charge is -2.06. The fraction of sp³-hybridized carbons (Fsp3) is 0.429. The molecular weight excluding hydrogens is 282 g/mol. The van der Waals surface area contributed by atoms with Crippen molar-refractivity contribution < 1.29 is 4.74 Å². The van der Waals surface area contributed by atoms with Gasteiger partial charge < -0.3 is 10.5 Å². The van der Waals surface area contributed by atoms with E-state index in [1.807, 2.05) is 12.1 Å². The van der Waals surface area contributed by atoms with Crippen LogP contribution in [0.25, 0.3) is 0 Å². The number of benzene rings is 2. The summed E-state index contributed by atoms with van der Waals surface area (Å²) in [6.45, 7) is 5.16. The van der Waals surface area contributed by atoms with Crippen LogP contribution in [0.2, 0.25) is 0 Å². The van der Waals surface area contributed by atoms with E-state index in [-0.39, 0.29) is 0 Å². The minimum Gasteiger partial charge on any atom is -0.497 e. The third-order valence-electron chi connectivity index (χ3n) is 3.97. The van der Waals surface area contributed by atoms with Gasteiger partial charge in [0.25, 0.3) is 0 Å². The van der Waals surface area contributed by atoms with Crippen LogP contribution in [0.1, 0.15) is 43.4 Å². The first-order valence-electron chi connectivity index (χ1n) is 8.64. The second kappa shape index (κ2) is 11.7. The van der Waals surface area contributed by atoms with E-state index in [1.54, 1.807) is 7.11 Å². The Balaban J connectivity index is 0.000000238. The van der Waals surface area contributed by atoms with Gasteiger partial charge in [-0.3, -0.25) is 0 Å². The molecule has 0 aromatic heterocycles. The van der Waals surface area contributed by atoms with Crippen LogP contribution in [0, 0.1) is 0 Å². The molecule has 126 valence electrons. The van der Waals surface area contributed by atoms with Crippen molar-refractivity contribution >= 4 is 0 Å². The molecule has 2 aromatic carbocycles. The number of nitrogens with two attached hydrogens (primary N) is 1. The van der Waals surface area contributed by atoms with Crippen molar-refractivity contribution in [2.24, 2.45) is 5.73 Å². The van der Waals surface area contributed by atoms with E-state index in [0.29, 0.717) is 0 Å². The van der Waals surface area contributed by atoms with Crippen LogP contribution >= 0.6 is 0 Å². The van der Waals surface area contributed by atoms with Gasteiger partial charge in [-0.15, -0.1) is 0 Å². The largest absolute Gasteiger partial charge is 0.497 e. The van der Waals surface area contributed by atoms with Crippen molar-refractivity contribution in [2.75, 3.05) is 13.7 Å². The molecule has 0 radical (unpaired) electrons. The van der Waals surface area contributed by atoms with Gasteiger partial charge >= 0.3 is 0 Å². The summed E-state index contributed by atoms with van der Waals surface area (Å²) in [6.07, 6.45) is 5.76. The molecule has 0 spiro atoms. The summed E-state index contributed by atoms with van der Waals surface area (Å²) in [5, 5.41) is 0. The van der Waals surface area contributed by atoms with Crippen LogP contribution < -0.4 is 10.5 Å². The summed E-state index contributed by atoms with van der Waals surface area (Å²) < 4.78 is 5.01. The highest BCUT2D eigenvalue weighted by Crippen LogP contribution is 2.12. The van der Waals surface area contributed by atoms with Crippen molar-refractivity contribution in [3.8, 4) is 5.75 Å². The molecule has 0 atom stereocenters. The average Bonchev–Trinajstić information content (AvgIpc) is 2.63. The van der Waals surface area contributed by atoms with Gasteiger partial charge in [0.1, 0.15) is 5.75 Å². The lowest BCUT2D eigenvalue weighted by molar-refractivity contribution is 0.414. The minimum absolute atomic E-state index is 0.814. The van der Waals surface area contributed by atoms with Crippen LogP contribution in [0.4, 0.5) is 0 Å². The highest BCUT2D eigenvalue weighted by atomic mass is 16.5. The number of rotatable bonds is 7. The zero-order valence-electron chi connectivity index (χ0n) is 14.8. The normalized spacial score (nSPS) is 9.91. The summed E-state index contributed by atoms with van der Waals surface area (Å²) in [6, 6.07) is 16.8. The quantitative estimate of drug-likeness (QED) is 0.746. The Morgan fingerprint density at radius 2 is 1.48 bits per heavy atom. The predicted octanol–water partition coefficient (Wildman–Crippen LogP) is 4.79. The molecule has 0 saturated carbocycles. The second-order valence-electron chi connectivity index (χ2n) is 5.57. The van der Waals surface area contributed by atoms with E-state index in [2.05, 4.69) is 50.2 Å². The van der Waals surface area contributed by atoms with Crippen molar-refractivity contribution in [3.05, 3.63) is 65.2 Å². The standard InChI is InChI=1S/C12H19N.C9H12O/c1-2-11-7-3-4-8-12(11)9-5-6-10-13;1-3-8-4-6-9(10-2)7-5-8/h3-4,7-8H,2,5-6,9-10,13H2,1H3;4-7H,3H2,1-2H3. The molecule has 0 amide bonds. The molecule has 0 aliphatic heterocycles. The minimum atomic E-state index is 0.814. The maximum absolute atomic E-state index is 5.46. The molecule has 2 aromatic rings. The zero-order valence-corrected chi connectivity index (χ0v) is 14.8. The van der Waals surface area contributed by atoms with Gasteiger partial charge in [0.15, 0.2) is 0 Å². The smallest absolute Gasteiger partial charge is 0.118 e. The molecule has 2 rings (SSSR count). The number of unbranched alkanes of at least 4 members (excludes halogenated alkanes) is 1. The summed E-state index contributed by atoms with van der Waals surface area (Å²) in [5.74, 6) is 0.928. The summed E-state index contributed by atoms with van der Waals surface area (Å²) in [7, 11) is 1.68. The van der Waals surface area contributed by atoms with Crippen molar-refractivity contribution in [1.29, 1.82) is 0 Å². The first kappa shape index (κ1) is 19.2. The molecule has 0 aliphatic rings. The van der Waals surface area contributed by atoms with E-state index >= 15 is 0 Å². The summed E-state index contributed by atoms with van der Waals surface area (Å²) in [5.41, 5.74) is 9.80. The highest BCUT2D eigenvalue weighted by Gasteiger charge is 1.98. The maximum atomic E-state index is 5.46. The first-order chi connectivity index (χ1) is 11.2. The van der Waals surface area contributed by atoms with Crippen molar-refractivity contribution in [3.63, 3.8) is 0 Å². The Labute approximate surface area is 141 Å². The number of hydrogen-bond donors (Lipinski definition) is 1. The van der Waals surface area contributed by atoms with Crippen LogP contribution in [0.5, 0.6) is 5.75 Å². The molecule has 2 nitrogen and oxygen atoms in total. The van der Waals surface area contributed by atoms with Crippen LogP contribution in [-0.4, -0.2) is 13.7 Å². The molecule has 0 saturated heterocycles. The van der Waals surface area contributed by atoms with Crippen LogP contribution in [-0.2, 0) is 19.3 Å². The van der Waals surface area contributed by atoms with Gasteiger partial charge in [-0.05, 0) is 67.5 Å². The number of aryl methyl sites for hydroxylation is 3. The Morgan fingerprint density at radius 3 is 2.00 bits per heavy atom. The number of hydrogen-bond acceptors (Lipinski definition) is 2. The lowest BCUT2D eigenvalue weighted by Crippen LogP contribution is -2.00. The number of methoxy groups -OCH3 is 1. The molecule has 2 heteroatoms. The molecular formula is C21H31NO. The van der Waals surface area contributed by atoms with Crippen LogP contribution in [0.3, 0.4) is 0 Å². The van der Waals surface area contributed by atoms with E-state index in [4.69, 9.17) is 10.5 Å². The van der Waals surface area contributed by atoms with E-state index in [1.165, 1.54) is 29.5 Å². The molecule has 23 heavy (non-hydrogen) atoms. The Hall–Kier alpha value is -1.80. The molecule has 0 bridgehead atoms. The fourth-order valence-electron chi connectivity index (χ4n) is 2.47. The lowest BCUT2D eigenvalue weighted by atomic mass is 10.0. The first-order valence-corrected chi connectivity index (χ1v) is 8.64. The average molecular weight is 313 g/mol. The highest BCUT2D eigenvalue weighted by molar-refractivity contribution is 5.27. The van der Waals surface area contributed by atoms with Gasteiger partial charge in [-0.2, -0.15) is 0 Å².